The highest BCUT2D eigenvalue weighted by atomic mass is 79.9. The topological polar surface area (TPSA) is 96.5 Å². The molecule has 0 aromatic heterocycles. The summed E-state index contributed by atoms with van der Waals surface area (Å²) >= 11 is 4.82. The second-order valence-electron chi connectivity index (χ2n) is 10.2. The number of nitrogens with one attached hydrogen (secondary N) is 3. The van der Waals surface area contributed by atoms with Crippen molar-refractivity contribution < 1.29 is 19.1 Å². The van der Waals surface area contributed by atoms with E-state index in [1.807, 2.05) is 104 Å². The van der Waals surface area contributed by atoms with Crippen LogP contribution in [0.25, 0.3) is 6.08 Å². The standard InChI is InChI=1S/C38H32BrN3O4S/c1-2-46-34-16-10-9-15-32(34)41-38(45)35(27-11-5-3-6-12-27)47-31-23-21-30(22-24-31)40-37(44)33(25-26-17-19-29(39)20-18-26)42-36(43)28-13-7-4-8-14-28/h3-25,35H,2H2,1H3,(H,40,44)(H,41,45)(H,42,43)/b33-25-. The maximum Gasteiger partial charge on any atom is 0.272 e. The third-order valence-corrected chi connectivity index (χ3v) is 8.66. The molecule has 7 nitrogen and oxygen atoms in total. The van der Waals surface area contributed by atoms with Crippen molar-refractivity contribution in [1.29, 1.82) is 0 Å². The van der Waals surface area contributed by atoms with E-state index in [1.54, 1.807) is 42.5 Å². The van der Waals surface area contributed by atoms with Crippen LogP contribution in [0.15, 0.2) is 149 Å². The van der Waals surface area contributed by atoms with Gasteiger partial charge >= 0.3 is 0 Å². The average molecular weight is 707 g/mol. The van der Waals surface area contributed by atoms with Gasteiger partial charge in [-0.2, -0.15) is 0 Å². The van der Waals surface area contributed by atoms with Gasteiger partial charge in [-0.3, -0.25) is 14.4 Å². The monoisotopic (exact) mass is 705 g/mol. The number of halogens is 1. The van der Waals surface area contributed by atoms with Crippen molar-refractivity contribution in [3.05, 3.63) is 160 Å². The van der Waals surface area contributed by atoms with Crippen LogP contribution in [-0.4, -0.2) is 24.3 Å². The highest BCUT2D eigenvalue weighted by Crippen LogP contribution is 2.37. The molecule has 0 radical (unpaired) electrons. The summed E-state index contributed by atoms with van der Waals surface area (Å²) in [5.74, 6) is -0.464. The van der Waals surface area contributed by atoms with Gasteiger partial charge < -0.3 is 20.7 Å². The minimum absolute atomic E-state index is 0.0905. The van der Waals surface area contributed by atoms with E-state index in [-0.39, 0.29) is 11.6 Å². The zero-order chi connectivity index (χ0) is 33.0. The van der Waals surface area contributed by atoms with Crippen LogP contribution >= 0.6 is 27.7 Å². The van der Waals surface area contributed by atoms with E-state index in [0.29, 0.717) is 29.3 Å². The van der Waals surface area contributed by atoms with E-state index in [4.69, 9.17) is 4.74 Å². The number of ether oxygens (including phenoxy) is 1. The first-order valence-corrected chi connectivity index (χ1v) is 16.6. The molecule has 9 heteroatoms. The number of para-hydroxylation sites is 2. The Balaban J connectivity index is 1.33. The maximum atomic E-state index is 13.6. The highest BCUT2D eigenvalue weighted by molar-refractivity contribution is 9.10. The summed E-state index contributed by atoms with van der Waals surface area (Å²) < 4.78 is 6.60. The molecule has 0 spiro atoms. The van der Waals surface area contributed by atoms with Gasteiger partial charge in [-0.1, -0.05) is 88.7 Å². The van der Waals surface area contributed by atoms with Crippen molar-refractivity contribution in [3.8, 4) is 5.75 Å². The molecule has 0 aliphatic rings. The Kier molecular flexibility index (Phi) is 11.6. The predicted molar refractivity (Wildman–Crippen MR) is 192 cm³/mol. The van der Waals surface area contributed by atoms with E-state index in [9.17, 15) is 14.4 Å². The lowest BCUT2D eigenvalue weighted by atomic mass is 10.1. The molecule has 0 saturated heterocycles. The molecule has 5 rings (SSSR count). The Morgan fingerprint density at radius 3 is 2.09 bits per heavy atom. The molecule has 0 aliphatic heterocycles. The maximum absolute atomic E-state index is 13.6. The van der Waals surface area contributed by atoms with Crippen molar-refractivity contribution in [2.24, 2.45) is 0 Å². The quantitative estimate of drug-likeness (QED) is 0.0891. The predicted octanol–water partition coefficient (Wildman–Crippen LogP) is 8.73. The van der Waals surface area contributed by atoms with Gasteiger partial charge in [0.1, 0.15) is 16.7 Å². The van der Waals surface area contributed by atoms with Gasteiger partial charge in [-0.25, -0.2) is 0 Å². The summed E-state index contributed by atoms with van der Waals surface area (Å²) in [6.45, 7) is 2.38. The Bertz CT molecular complexity index is 1850. The summed E-state index contributed by atoms with van der Waals surface area (Å²) in [6, 6.07) is 40.2. The molecule has 5 aromatic rings. The highest BCUT2D eigenvalue weighted by Gasteiger charge is 2.23. The largest absolute Gasteiger partial charge is 0.492 e. The van der Waals surface area contributed by atoms with E-state index < -0.39 is 17.1 Å². The fraction of sp³-hybridized carbons (Fsp3) is 0.0789. The average Bonchev–Trinajstić information content (AvgIpc) is 3.10. The number of hydrogen-bond acceptors (Lipinski definition) is 5. The summed E-state index contributed by atoms with van der Waals surface area (Å²) in [5.41, 5.74) is 3.24. The molecule has 3 N–H and O–H groups in total. The lowest BCUT2D eigenvalue weighted by Gasteiger charge is -2.19. The summed E-state index contributed by atoms with van der Waals surface area (Å²) in [6.07, 6.45) is 1.62. The van der Waals surface area contributed by atoms with Gasteiger partial charge in [0, 0.05) is 20.6 Å². The number of hydrogen-bond donors (Lipinski definition) is 3. The van der Waals surface area contributed by atoms with Gasteiger partial charge in [0.05, 0.1) is 12.3 Å². The molecule has 236 valence electrons. The molecule has 47 heavy (non-hydrogen) atoms. The van der Waals surface area contributed by atoms with Crippen LogP contribution in [-0.2, 0) is 9.59 Å². The normalized spacial score (nSPS) is 11.7. The first kappa shape index (κ1) is 33.2. The van der Waals surface area contributed by atoms with Crippen molar-refractivity contribution in [3.63, 3.8) is 0 Å². The van der Waals surface area contributed by atoms with E-state index >= 15 is 0 Å². The van der Waals surface area contributed by atoms with Crippen molar-refractivity contribution >= 4 is 62.9 Å². The Morgan fingerprint density at radius 2 is 1.40 bits per heavy atom. The number of rotatable bonds is 12. The lowest BCUT2D eigenvalue weighted by molar-refractivity contribution is -0.116. The molecule has 5 aromatic carbocycles. The summed E-state index contributed by atoms with van der Waals surface area (Å²) in [4.78, 5) is 40.9. The van der Waals surface area contributed by atoms with E-state index in [1.165, 1.54) is 11.8 Å². The van der Waals surface area contributed by atoms with Crippen LogP contribution < -0.4 is 20.7 Å². The number of carbonyl (C=O) groups is 3. The molecule has 0 saturated carbocycles. The van der Waals surface area contributed by atoms with Crippen LogP contribution in [0.5, 0.6) is 5.75 Å². The zero-order valence-electron chi connectivity index (χ0n) is 25.5. The molecule has 1 atom stereocenters. The van der Waals surface area contributed by atoms with Crippen LogP contribution in [0, 0.1) is 0 Å². The first-order valence-electron chi connectivity index (χ1n) is 14.9. The van der Waals surface area contributed by atoms with Gasteiger partial charge in [-0.05, 0) is 84.8 Å². The fourth-order valence-corrected chi connectivity index (χ4v) is 5.86. The van der Waals surface area contributed by atoms with Crippen molar-refractivity contribution in [2.75, 3.05) is 17.2 Å². The molecular weight excluding hydrogens is 674 g/mol. The number of thioether (sulfide) groups is 1. The van der Waals surface area contributed by atoms with Crippen molar-refractivity contribution in [2.45, 2.75) is 17.1 Å². The second-order valence-corrected chi connectivity index (χ2v) is 12.3. The Morgan fingerprint density at radius 1 is 0.766 bits per heavy atom. The molecule has 0 heterocycles. The third-order valence-electron chi connectivity index (χ3n) is 6.86. The summed E-state index contributed by atoms with van der Waals surface area (Å²) in [5, 5.41) is 8.11. The van der Waals surface area contributed by atoms with Gasteiger partial charge in [0.25, 0.3) is 11.8 Å². The van der Waals surface area contributed by atoms with Crippen LogP contribution in [0.3, 0.4) is 0 Å². The second kappa shape index (κ2) is 16.4. The number of carbonyl (C=O) groups excluding carboxylic acids is 3. The van der Waals surface area contributed by atoms with Gasteiger partial charge in [-0.15, -0.1) is 11.8 Å². The van der Waals surface area contributed by atoms with Gasteiger partial charge in [0.2, 0.25) is 5.91 Å². The molecule has 3 amide bonds. The smallest absolute Gasteiger partial charge is 0.272 e. The number of benzene rings is 5. The molecule has 0 aliphatic carbocycles. The molecule has 0 bridgehead atoms. The molecule has 0 fully saturated rings. The zero-order valence-corrected chi connectivity index (χ0v) is 27.9. The molecule has 1 unspecified atom stereocenters. The SMILES string of the molecule is CCOc1ccccc1NC(=O)C(Sc1ccc(NC(=O)/C(=C/c2ccc(Br)cc2)NC(=O)c2ccccc2)cc1)c1ccccc1. The summed E-state index contributed by atoms with van der Waals surface area (Å²) in [7, 11) is 0. The lowest BCUT2D eigenvalue weighted by Crippen LogP contribution is -2.30. The fourth-order valence-electron chi connectivity index (χ4n) is 4.57. The number of anilines is 2. The van der Waals surface area contributed by atoms with E-state index in [2.05, 4.69) is 31.9 Å². The van der Waals surface area contributed by atoms with Crippen LogP contribution in [0.4, 0.5) is 11.4 Å². The molecular formula is C38H32BrN3O4S. The minimum Gasteiger partial charge on any atom is -0.492 e. The van der Waals surface area contributed by atoms with Crippen LogP contribution in [0.2, 0.25) is 0 Å². The first-order chi connectivity index (χ1) is 22.9. The Labute approximate surface area is 286 Å². The van der Waals surface area contributed by atoms with E-state index in [0.717, 1.165) is 20.5 Å². The number of amides is 3. The van der Waals surface area contributed by atoms with Gasteiger partial charge in [0.15, 0.2) is 0 Å². The minimum atomic E-state index is -0.556. The third kappa shape index (κ3) is 9.45. The van der Waals surface area contributed by atoms with Crippen molar-refractivity contribution in [1.82, 2.24) is 5.32 Å². The van der Waals surface area contributed by atoms with Crippen LogP contribution in [0.1, 0.15) is 33.7 Å². The Hall–Kier alpha value is -5.12.